The maximum absolute atomic E-state index is 12.1. The number of Topliss-reactive ketones (excluding diaryl/α,β-unsaturated/α-hetero) is 1. The van der Waals surface area contributed by atoms with Gasteiger partial charge in [0.15, 0.2) is 5.78 Å². The summed E-state index contributed by atoms with van der Waals surface area (Å²) in [5.41, 5.74) is 0.386. The van der Waals surface area contributed by atoms with Crippen LogP contribution in [0.4, 0.5) is 5.95 Å². The summed E-state index contributed by atoms with van der Waals surface area (Å²) in [6, 6.07) is 2.97. The van der Waals surface area contributed by atoms with Gasteiger partial charge in [0.2, 0.25) is 5.95 Å². The standard InChI is InChI=1S/C14H12N4O3/c19-11-4-1-3-10-8(11)7-9(12(20)17-10)13(21)18-14-15-5-2-6-16-14/h2,5-7H,1,3-4H2,(H,17,20)(H,15,16,18,21). The summed E-state index contributed by atoms with van der Waals surface area (Å²) in [5, 5.41) is 2.43. The number of nitrogens with zero attached hydrogens (tertiary/aromatic N) is 2. The second kappa shape index (κ2) is 5.28. The summed E-state index contributed by atoms with van der Waals surface area (Å²) >= 11 is 0. The Hall–Kier alpha value is -2.83. The molecular weight excluding hydrogens is 272 g/mol. The fourth-order valence-corrected chi connectivity index (χ4v) is 2.28. The van der Waals surface area contributed by atoms with Crippen molar-refractivity contribution in [3.05, 3.63) is 51.7 Å². The largest absolute Gasteiger partial charge is 0.325 e. The smallest absolute Gasteiger partial charge is 0.263 e. The molecule has 106 valence electrons. The van der Waals surface area contributed by atoms with E-state index in [1.807, 2.05) is 0 Å². The molecular formula is C14H12N4O3. The van der Waals surface area contributed by atoms with Crippen LogP contribution in [-0.4, -0.2) is 26.6 Å². The number of rotatable bonds is 2. The molecule has 2 aromatic heterocycles. The second-order valence-corrected chi connectivity index (χ2v) is 4.71. The highest BCUT2D eigenvalue weighted by atomic mass is 16.2. The fraction of sp³-hybridized carbons (Fsp3) is 0.214. The van der Waals surface area contributed by atoms with Crippen LogP contribution in [0.3, 0.4) is 0 Å². The molecule has 7 nitrogen and oxygen atoms in total. The molecule has 7 heteroatoms. The number of nitrogens with one attached hydrogen (secondary N) is 2. The Morgan fingerprint density at radius 1 is 1.19 bits per heavy atom. The molecule has 0 unspecified atom stereocenters. The zero-order chi connectivity index (χ0) is 14.8. The van der Waals surface area contributed by atoms with Crippen molar-refractivity contribution in [2.24, 2.45) is 0 Å². The number of hydrogen-bond acceptors (Lipinski definition) is 5. The van der Waals surface area contributed by atoms with E-state index < -0.39 is 11.5 Å². The highest BCUT2D eigenvalue weighted by molar-refractivity contribution is 6.05. The lowest BCUT2D eigenvalue weighted by Gasteiger charge is -2.14. The van der Waals surface area contributed by atoms with Crippen molar-refractivity contribution in [3.8, 4) is 0 Å². The van der Waals surface area contributed by atoms with Crippen LogP contribution < -0.4 is 10.9 Å². The van der Waals surface area contributed by atoms with Gasteiger partial charge in [0.05, 0.1) is 0 Å². The number of aryl methyl sites for hydroxylation is 1. The Kier molecular flexibility index (Phi) is 3.31. The SMILES string of the molecule is O=C1CCCc2[nH]c(=O)c(C(=O)Nc3ncccn3)cc21. The maximum atomic E-state index is 12.1. The molecule has 2 N–H and O–H groups in total. The molecule has 0 fully saturated rings. The van der Waals surface area contributed by atoms with Crippen LogP contribution in [-0.2, 0) is 6.42 Å². The third-order valence-corrected chi connectivity index (χ3v) is 3.29. The van der Waals surface area contributed by atoms with Gasteiger partial charge in [-0.1, -0.05) is 0 Å². The molecule has 0 saturated heterocycles. The van der Waals surface area contributed by atoms with Crippen LogP contribution in [0.25, 0.3) is 0 Å². The predicted molar refractivity (Wildman–Crippen MR) is 74.3 cm³/mol. The normalized spacial score (nSPS) is 13.6. The maximum Gasteiger partial charge on any atom is 0.263 e. The van der Waals surface area contributed by atoms with Crippen LogP contribution in [0.2, 0.25) is 0 Å². The zero-order valence-electron chi connectivity index (χ0n) is 11.0. The van der Waals surface area contributed by atoms with Gasteiger partial charge >= 0.3 is 0 Å². The zero-order valence-corrected chi connectivity index (χ0v) is 11.0. The van der Waals surface area contributed by atoms with E-state index >= 15 is 0 Å². The molecule has 3 rings (SSSR count). The highest BCUT2D eigenvalue weighted by Gasteiger charge is 2.22. The number of aromatic amines is 1. The molecule has 1 aliphatic carbocycles. The number of pyridine rings is 1. The lowest BCUT2D eigenvalue weighted by atomic mass is 9.93. The van der Waals surface area contributed by atoms with Gasteiger partial charge in [-0.3, -0.25) is 19.7 Å². The number of aromatic nitrogens is 3. The van der Waals surface area contributed by atoms with Gasteiger partial charge in [0.1, 0.15) is 5.56 Å². The number of anilines is 1. The van der Waals surface area contributed by atoms with Crippen LogP contribution in [0.15, 0.2) is 29.3 Å². The first kappa shape index (κ1) is 13.2. The first-order valence-electron chi connectivity index (χ1n) is 6.53. The van der Waals surface area contributed by atoms with Gasteiger partial charge in [0.25, 0.3) is 11.5 Å². The molecule has 0 saturated carbocycles. The summed E-state index contributed by atoms with van der Waals surface area (Å²) in [5.74, 6) is -0.591. The fourth-order valence-electron chi connectivity index (χ4n) is 2.28. The second-order valence-electron chi connectivity index (χ2n) is 4.71. The summed E-state index contributed by atoms with van der Waals surface area (Å²) in [6.07, 6.45) is 4.74. The van der Waals surface area contributed by atoms with Crippen molar-refractivity contribution in [2.75, 3.05) is 5.32 Å². The van der Waals surface area contributed by atoms with Gasteiger partial charge in [0, 0.05) is 30.1 Å². The number of fused-ring (bicyclic) bond motifs is 1. The molecule has 1 aliphatic rings. The van der Waals surface area contributed by atoms with E-state index in [0.717, 1.165) is 0 Å². The average Bonchev–Trinajstić information content (AvgIpc) is 2.48. The lowest BCUT2D eigenvalue weighted by molar-refractivity contribution is 0.0971. The van der Waals surface area contributed by atoms with E-state index in [0.29, 0.717) is 30.5 Å². The Morgan fingerprint density at radius 2 is 1.95 bits per heavy atom. The number of carbonyl (C=O) groups excluding carboxylic acids is 2. The van der Waals surface area contributed by atoms with Gasteiger partial charge in [-0.15, -0.1) is 0 Å². The molecule has 1 amide bonds. The molecule has 21 heavy (non-hydrogen) atoms. The number of H-pyrrole nitrogens is 1. The molecule has 0 radical (unpaired) electrons. The minimum atomic E-state index is -0.636. The van der Waals surface area contributed by atoms with Crippen molar-refractivity contribution >= 4 is 17.6 Å². The molecule has 2 aromatic rings. The Bertz CT molecular complexity index is 768. The van der Waals surface area contributed by atoms with E-state index in [1.165, 1.54) is 18.5 Å². The Morgan fingerprint density at radius 3 is 2.71 bits per heavy atom. The summed E-state index contributed by atoms with van der Waals surface area (Å²) in [4.78, 5) is 46.2. The molecule has 0 aromatic carbocycles. The number of amides is 1. The van der Waals surface area contributed by atoms with Crippen molar-refractivity contribution in [2.45, 2.75) is 19.3 Å². The van der Waals surface area contributed by atoms with Gasteiger partial charge in [-0.2, -0.15) is 0 Å². The quantitative estimate of drug-likeness (QED) is 0.853. The van der Waals surface area contributed by atoms with Crippen molar-refractivity contribution in [1.82, 2.24) is 15.0 Å². The van der Waals surface area contributed by atoms with E-state index in [4.69, 9.17) is 0 Å². The van der Waals surface area contributed by atoms with Crippen molar-refractivity contribution in [1.29, 1.82) is 0 Å². The molecule has 0 aliphatic heterocycles. The average molecular weight is 284 g/mol. The number of hydrogen-bond donors (Lipinski definition) is 2. The van der Waals surface area contributed by atoms with E-state index in [-0.39, 0.29) is 17.3 Å². The predicted octanol–water partition coefficient (Wildman–Crippen LogP) is 0.936. The Balaban J connectivity index is 1.95. The highest BCUT2D eigenvalue weighted by Crippen LogP contribution is 2.18. The molecule has 0 spiro atoms. The third-order valence-electron chi connectivity index (χ3n) is 3.29. The van der Waals surface area contributed by atoms with Crippen LogP contribution in [0, 0.1) is 0 Å². The van der Waals surface area contributed by atoms with E-state index in [2.05, 4.69) is 20.3 Å². The lowest BCUT2D eigenvalue weighted by Crippen LogP contribution is -2.27. The minimum Gasteiger partial charge on any atom is -0.325 e. The van der Waals surface area contributed by atoms with Crippen molar-refractivity contribution < 1.29 is 9.59 Å². The van der Waals surface area contributed by atoms with Crippen LogP contribution >= 0.6 is 0 Å². The first-order valence-corrected chi connectivity index (χ1v) is 6.53. The molecule has 2 heterocycles. The number of carbonyl (C=O) groups is 2. The topological polar surface area (TPSA) is 105 Å². The third kappa shape index (κ3) is 2.58. The minimum absolute atomic E-state index is 0.0579. The summed E-state index contributed by atoms with van der Waals surface area (Å²) in [7, 11) is 0. The van der Waals surface area contributed by atoms with Crippen LogP contribution in [0.1, 0.15) is 39.3 Å². The molecule has 0 bridgehead atoms. The number of ketones is 1. The van der Waals surface area contributed by atoms with Gasteiger partial charge < -0.3 is 4.98 Å². The summed E-state index contributed by atoms with van der Waals surface area (Å²) in [6.45, 7) is 0. The summed E-state index contributed by atoms with van der Waals surface area (Å²) < 4.78 is 0. The van der Waals surface area contributed by atoms with E-state index in [1.54, 1.807) is 6.07 Å². The van der Waals surface area contributed by atoms with E-state index in [9.17, 15) is 14.4 Å². The first-order chi connectivity index (χ1) is 10.1. The van der Waals surface area contributed by atoms with Gasteiger partial charge in [-0.05, 0) is 25.0 Å². The monoisotopic (exact) mass is 284 g/mol. The van der Waals surface area contributed by atoms with Gasteiger partial charge in [-0.25, -0.2) is 9.97 Å². The Labute approximate surface area is 119 Å². The molecule has 0 atom stereocenters. The van der Waals surface area contributed by atoms with Crippen LogP contribution in [0.5, 0.6) is 0 Å². The van der Waals surface area contributed by atoms with Crippen molar-refractivity contribution in [3.63, 3.8) is 0 Å².